The van der Waals surface area contributed by atoms with Crippen molar-refractivity contribution in [1.29, 1.82) is 0 Å². The number of hydrogen-bond donors (Lipinski definition) is 0. The van der Waals surface area contributed by atoms with Crippen molar-refractivity contribution in [2.24, 2.45) is 5.41 Å². The number of hydrogen-bond acceptors (Lipinski definition) is 4. The van der Waals surface area contributed by atoms with Crippen molar-refractivity contribution in [3.8, 4) is 0 Å². The van der Waals surface area contributed by atoms with Crippen molar-refractivity contribution in [2.75, 3.05) is 18.0 Å². The van der Waals surface area contributed by atoms with E-state index in [9.17, 15) is 18.0 Å². The van der Waals surface area contributed by atoms with Crippen LogP contribution in [0.25, 0.3) is 0 Å². The zero-order chi connectivity index (χ0) is 17.5. The van der Waals surface area contributed by atoms with Gasteiger partial charge in [0.05, 0.1) is 10.6 Å². The fourth-order valence-corrected chi connectivity index (χ4v) is 5.02. The van der Waals surface area contributed by atoms with Crippen molar-refractivity contribution in [1.82, 2.24) is 4.31 Å². The van der Waals surface area contributed by atoms with E-state index in [0.717, 1.165) is 17.7 Å². The lowest BCUT2D eigenvalue weighted by atomic mass is 9.85. The number of piperidine rings is 1. The second-order valence-electron chi connectivity index (χ2n) is 7.22. The summed E-state index contributed by atoms with van der Waals surface area (Å²) < 4.78 is 27.2. The van der Waals surface area contributed by atoms with Crippen molar-refractivity contribution < 1.29 is 18.0 Å². The molecule has 0 radical (unpaired) electrons. The summed E-state index contributed by atoms with van der Waals surface area (Å²) in [6.07, 6.45) is 2.28. The van der Waals surface area contributed by atoms with Gasteiger partial charge in [0.15, 0.2) is 0 Å². The molecule has 24 heavy (non-hydrogen) atoms. The highest BCUT2D eigenvalue weighted by molar-refractivity contribution is 7.89. The van der Waals surface area contributed by atoms with Crippen LogP contribution in [0.2, 0.25) is 0 Å². The zero-order valence-corrected chi connectivity index (χ0v) is 14.8. The van der Waals surface area contributed by atoms with Gasteiger partial charge in [-0.1, -0.05) is 13.8 Å². The average molecular weight is 350 g/mol. The Balaban J connectivity index is 1.85. The summed E-state index contributed by atoms with van der Waals surface area (Å²) in [4.78, 5) is 24.9. The van der Waals surface area contributed by atoms with Crippen LogP contribution in [0.5, 0.6) is 0 Å². The zero-order valence-electron chi connectivity index (χ0n) is 14.0. The molecule has 3 rings (SSSR count). The minimum absolute atomic E-state index is 0.0281. The van der Waals surface area contributed by atoms with E-state index in [2.05, 4.69) is 13.8 Å². The van der Waals surface area contributed by atoms with Crippen LogP contribution in [-0.4, -0.2) is 37.6 Å². The van der Waals surface area contributed by atoms with Gasteiger partial charge in [0.25, 0.3) is 0 Å². The summed E-state index contributed by atoms with van der Waals surface area (Å²) in [5, 5.41) is 0. The van der Waals surface area contributed by atoms with E-state index in [1.165, 1.54) is 28.6 Å². The standard InChI is InChI=1S/C17H22N2O4S/c1-17(2)10-3-11-18(12-17)24(22,23)14-6-4-13(5-7-14)19-15(20)8-9-16(19)21/h4-7H,3,8-12H2,1-2H3. The van der Waals surface area contributed by atoms with E-state index in [0.29, 0.717) is 18.8 Å². The predicted octanol–water partition coefficient (Wildman–Crippen LogP) is 2.15. The Morgan fingerprint density at radius 1 is 1.00 bits per heavy atom. The van der Waals surface area contributed by atoms with E-state index in [1.807, 2.05) is 0 Å². The number of benzene rings is 1. The lowest BCUT2D eigenvalue weighted by Crippen LogP contribution is -2.43. The Hall–Kier alpha value is -1.73. The molecule has 0 atom stereocenters. The highest BCUT2D eigenvalue weighted by atomic mass is 32.2. The van der Waals surface area contributed by atoms with E-state index < -0.39 is 10.0 Å². The van der Waals surface area contributed by atoms with Gasteiger partial charge in [0.2, 0.25) is 21.8 Å². The van der Waals surface area contributed by atoms with E-state index >= 15 is 0 Å². The molecule has 130 valence electrons. The molecule has 2 aliphatic heterocycles. The third-order valence-corrected chi connectivity index (χ3v) is 6.51. The van der Waals surface area contributed by atoms with Crippen LogP contribution in [0.1, 0.15) is 39.5 Å². The molecule has 0 spiro atoms. The number of carbonyl (C=O) groups is 2. The van der Waals surface area contributed by atoms with Crippen LogP contribution in [0.15, 0.2) is 29.2 Å². The number of nitrogens with zero attached hydrogens (tertiary/aromatic N) is 2. The third-order valence-electron chi connectivity index (χ3n) is 4.65. The predicted molar refractivity (Wildman–Crippen MR) is 89.9 cm³/mol. The lowest BCUT2D eigenvalue weighted by Gasteiger charge is -2.37. The van der Waals surface area contributed by atoms with Gasteiger partial charge in [-0.05, 0) is 42.5 Å². The molecular weight excluding hydrogens is 328 g/mol. The maximum Gasteiger partial charge on any atom is 0.243 e. The Morgan fingerprint density at radius 3 is 2.12 bits per heavy atom. The topological polar surface area (TPSA) is 74.8 Å². The molecule has 1 aromatic rings. The molecule has 2 fully saturated rings. The SMILES string of the molecule is CC1(C)CCCN(S(=O)(=O)c2ccc(N3C(=O)CCC3=O)cc2)C1. The first-order valence-corrected chi connectivity index (χ1v) is 9.61. The van der Waals surface area contributed by atoms with Crippen molar-refractivity contribution in [3.05, 3.63) is 24.3 Å². The van der Waals surface area contributed by atoms with Crippen molar-refractivity contribution in [3.63, 3.8) is 0 Å². The van der Waals surface area contributed by atoms with Gasteiger partial charge in [0.1, 0.15) is 0 Å². The molecule has 7 heteroatoms. The first-order valence-electron chi connectivity index (χ1n) is 8.17. The van der Waals surface area contributed by atoms with Gasteiger partial charge < -0.3 is 0 Å². The van der Waals surface area contributed by atoms with Gasteiger partial charge in [-0.3, -0.25) is 14.5 Å². The molecular formula is C17H22N2O4S. The molecule has 0 aromatic heterocycles. The number of imide groups is 1. The van der Waals surface area contributed by atoms with E-state index in [-0.39, 0.29) is 35.0 Å². The molecule has 2 amide bonds. The molecule has 6 nitrogen and oxygen atoms in total. The Labute approximate surface area is 142 Å². The monoisotopic (exact) mass is 350 g/mol. The summed E-state index contributed by atoms with van der Waals surface area (Å²) in [5.41, 5.74) is 0.403. The fraction of sp³-hybridized carbons (Fsp3) is 0.529. The van der Waals surface area contributed by atoms with Crippen molar-refractivity contribution >= 4 is 27.5 Å². The molecule has 2 saturated heterocycles. The fourth-order valence-electron chi connectivity index (χ4n) is 3.36. The largest absolute Gasteiger partial charge is 0.274 e. The summed E-state index contributed by atoms with van der Waals surface area (Å²) in [6, 6.07) is 6.02. The maximum atomic E-state index is 12.8. The Kier molecular flexibility index (Phi) is 4.25. The summed E-state index contributed by atoms with van der Waals surface area (Å²) in [6.45, 7) is 5.17. The number of sulfonamides is 1. The molecule has 0 unspecified atom stereocenters. The molecule has 0 N–H and O–H groups in total. The van der Waals surface area contributed by atoms with Crippen LogP contribution in [0.4, 0.5) is 5.69 Å². The van der Waals surface area contributed by atoms with Gasteiger partial charge in [-0.15, -0.1) is 0 Å². The number of carbonyl (C=O) groups excluding carboxylic acids is 2. The van der Waals surface area contributed by atoms with Crippen molar-refractivity contribution in [2.45, 2.75) is 44.4 Å². The molecule has 1 aromatic carbocycles. The normalized spacial score (nSPS) is 22.2. The van der Waals surface area contributed by atoms with Crippen LogP contribution in [0, 0.1) is 5.41 Å². The second kappa shape index (κ2) is 5.97. The molecule has 2 heterocycles. The van der Waals surface area contributed by atoms with Gasteiger partial charge in [0, 0.05) is 25.9 Å². The number of rotatable bonds is 3. The molecule has 2 aliphatic rings. The summed E-state index contributed by atoms with van der Waals surface area (Å²) in [5.74, 6) is -0.484. The van der Waals surface area contributed by atoms with Crippen LogP contribution < -0.4 is 4.90 Å². The summed E-state index contributed by atoms with van der Waals surface area (Å²) >= 11 is 0. The minimum atomic E-state index is -3.56. The molecule has 0 aliphatic carbocycles. The molecule has 0 saturated carbocycles. The maximum absolute atomic E-state index is 12.8. The highest BCUT2D eigenvalue weighted by Gasteiger charge is 2.35. The van der Waals surface area contributed by atoms with Crippen LogP contribution >= 0.6 is 0 Å². The second-order valence-corrected chi connectivity index (χ2v) is 9.16. The first-order chi connectivity index (χ1) is 11.2. The average Bonchev–Trinajstić information content (AvgIpc) is 2.85. The highest BCUT2D eigenvalue weighted by Crippen LogP contribution is 2.32. The third kappa shape index (κ3) is 3.10. The molecule has 0 bridgehead atoms. The van der Waals surface area contributed by atoms with E-state index in [1.54, 1.807) is 0 Å². The smallest absolute Gasteiger partial charge is 0.243 e. The van der Waals surface area contributed by atoms with Crippen LogP contribution in [0.3, 0.4) is 0 Å². The Morgan fingerprint density at radius 2 is 1.58 bits per heavy atom. The Bertz CT molecular complexity index is 752. The summed E-state index contributed by atoms with van der Waals surface area (Å²) in [7, 11) is -3.56. The van der Waals surface area contributed by atoms with E-state index in [4.69, 9.17) is 0 Å². The lowest BCUT2D eigenvalue weighted by molar-refractivity contribution is -0.121. The first kappa shape index (κ1) is 17.1. The van der Waals surface area contributed by atoms with Crippen LogP contribution in [-0.2, 0) is 19.6 Å². The quantitative estimate of drug-likeness (QED) is 0.783. The van der Waals surface area contributed by atoms with Gasteiger partial charge >= 0.3 is 0 Å². The number of anilines is 1. The number of amides is 2. The van der Waals surface area contributed by atoms with Gasteiger partial charge in [-0.2, -0.15) is 4.31 Å². The van der Waals surface area contributed by atoms with Gasteiger partial charge in [-0.25, -0.2) is 8.42 Å². The minimum Gasteiger partial charge on any atom is -0.274 e.